The van der Waals surface area contributed by atoms with Gasteiger partial charge in [-0.25, -0.2) is 0 Å². The number of aromatic hydroxyl groups is 1. The van der Waals surface area contributed by atoms with E-state index in [1.807, 2.05) is 43.3 Å². The number of hydrogen-bond donors (Lipinski definition) is 5. The van der Waals surface area contributed by atoms with Crippen LogP contribution in [-0.4, -0.2) is 63.6 Å². The summed E-state index contributed by atoms with van der Waals surface area (Å²) < 4.78 is 29.5. The maximum Gasteiger partial charge on any atom is 0.252 e. The van der Waals surface area contributed by atoms with Crippen molar-refractivity contribution in [3.05, 3.63) is 118 Å². The topological polar surface area (TPSA) is 177 Å². The van der Waals surface area contributed by atoms with Gasteiger partial charge in [0.25, 0.3) is 5.91 Å². The minimum absolute atomic E-state index is 0.0458. The molecule has 1 aliphatic heterocycles. The predicted molar refractivity (Wildman–Crippen MR) is 182 cm³/mol. The molecular formula is C38H37NO11. The van der Waals surface area contributed by atoms with Crippen LogP contribution in [0.25, 0.3) is 22.3 Å². The lowest BCUT2D eigenvalue weighted by molar-refractivity contribution is -0.267. The summed E-state index contributed by atoms with van der Waals surface area (Å²) in [7, 11) is 0. The second-order valence-corrected chi connectivity index (χ2v) is 11.8. The Labute approximate surface area is 287 Å². The molecule has 1 amide bonds. The van der Waals surface area contributed by atoms with Crippen molar-refractivity contribution in [1.82, 2.24) is 5.32 Å². The van der Waals surface area contributed by atoms with Gasteiger partial charge in [0.05, 0.1) is 0 Å². The molecule has 0 radical (unpaired) electrons. The maximum atomic E-state index is 13.5. The molecule has 1 aliphatic rings. The molecule has 5 aromatic rings. The van der Waals surface area contributed by atoms with E-state index in [0.717, 1.165) is 11.1 Å². The van der Waals surface area contributed by atoms with Crippen LogP contribution in [0.15, 0.2) is 106 Å². The minimum atomic E-state index is -1.82. The first-order valence-corrected chi connectivity index (χ1v) is 16.1. The zero-order valence-corrected chi connectivity index (χ0v) is 27.1. The normalized spacial score (nSPS) is 20.3. The lowest BCUT2D eigenvalue weighted by atomic mass is 9.98. The number of nitrogens with one attached hydrogen (secondary N) is 1. The van der Waals surface area contributed by atoms with Gasteiger partial charge >= 0.3 is 0 Å². The van der Waals surface area contributed by atoms with Crippen LogP contribution in [0.4, 0.5) is 0 Å². The van der Waals surface area contributed by atoms with Crippen LogP contribution in [0.1, 0.15) is 24.5 Å². The summed E-state index contributed by atoms with van der Waals surface area (Å²) in [5.74, 6) is -1.02. The van der Waals surface area contributed by atoms with E-state index in [2.05, 4.69) is 5.32 Å². The number of ether oxygens (including phenoxy) is 4. The number of aliphatic hydroxyl groups excluding tert-OH is 3. The van der Waals surface area contributed by atoms with Crippen LogP contribution in [-0.2, 0) is 22.7 Å². The van der Waals surface area contributed by atoms with Gasteiger partial charge in [-0.15, -0.1) is 0 Å². The quantitative estimate of drug-likeness (QED) is 0.128. The number of rotatable bonds is 12. The fraction of sp³-hybridized carbons (Fsp3) is 0.263. The van der Waals surface area contributed by atoms with Crippen molar-refractivity contribution in [3.8, 4) is 34.3 Å². The molecule has 5 N–H and O–H groups in total. The molecule has 50 heavy (non-hydrogen) atoms. The maximum absolute atomic E-state index is 13.5. The average Bonchev–Trinajstić information content (AvgIpc) is 3.13. The number of phenolic OH excluding ortho intramolecular Hbond substituents is 1. The van der Waals surface area contributed by atoms with Gasteiger partial charge in [0, 0.05) is 24.2 Å². The number of aliphatic hydroxyl groups is 3. The summed E-state index contributed by atoms with van der Waals surface area (Å²) >= 11 is 0. The van der Waals surface area contributed by atoms with E-state index >= 15 is 0 Å². The van der Waals surface area contributed by atoms with Crippen molar-refractivity contribution >= 4 is 16.9 Å². The van der Waals surface area contributed by atoms with E-state index in [1.54, 1.807) is 48.5 Å². The van der Waals surface area contributed by atoms with Crippen molar-refractivity contribution in [2.75, 3.05) is 6.54 Å². The zero-order chi connectivity index (χ0) is 35.2. The summed E-state index contributed by atoms with van der Waals surface area (Å²) in [6, 6.07) is 28.2. The predicted octanol–water partition coefficient (Wildman–Crippen LogP) is 4.04. The molecule has 0 aliphatic carbocycles. The molecule has 0 spiro atoms. The number of carbonyl (C=O) groups is 1. The summed E-state index contributed by atoms with van der Waals surface area (Å²) in [4.78, 5) is 26.2. The minimum Gasteiger partial charge on any atom is -0.504 e. The fourth-order valence-electron chi connectivity index (χ4n) is 5.45. The molecule has 6 rings (SSSR count). The van der Waals surface area contributed by atoms with Crippen molar-refractivity contribution in [2.24, 2.45) is 0 Å². The average molecular weight is 684 g/mol. The Morgan fingerprint density at radius 2 is 1.46 bits per heavy atom. The molecule has 1 aromatic heterocycles. The third-order valence-electron chi connectivity index (χ3n) is 8.15. The van der Waals surface area contributed by atoms with Gasteiger partial charge in [0.2, 0.25) is 12.0 Å². The molecule has 5 unspecified atom stereocenters. The van der Waals surface area contributed by atoms with Gasteiger partial charge in [0.15, 0.2) is 23.0 Å². The fourth-order valence-corrected chi connectivity index (χ4v) is 5.45. The lowest BCUT2D eigenvalue weighted by Gasteiger charge is -2.39. The molecule has 1 fully saturated rings. The van der Waals surface area contributed by atoms with E-state index in [-0.39, 0.29) is 41.4 Å². The molecule has 5 atom stereocenters. The van der Waals surface area contributed by atoms with Gasteiger partial charge < -0.3 is 49.1 Å². The van der Waals surface area contributed by atoms with Crippen LogP contribution in [0, 0.1) is 0 Å². The van der Waals surface area contributed by atoms with Gasteiger partial charge in [-0.1, -0.05) is 67.6 Å². The van der Waals surface area contributed by atoms with Crippen molar-refractivity contribution < 1.29 is 48.6 Å². The summed E-state index contributed by atoms with van der Waals surface area (Å²) in [6.07, 6.45) is -8.08. The second kappa shape index (κ2) is 15.4. The van der Waals surface area contributed by atoms with E-state index in [0.29, 0.717) is 24.3 Å². The van der Waals surface area contributed by atoms with Crippen LogP contribution in [0.3, 0.4) is 0 Å². The van der Waals surface area contributed by atoms with Crippen molar-refractivity contribution in [3.63, 3.8) is 0 Å². The number of phenols is 1. The lowest BCUT2D eigenvalue weighted by Crippen LogP contribution is -2.62. The highest BCUT2D eigenvalue weighted by atomic mass is 16.7. The Bertz CT molecular complexity index is 1970. The summed E-state index contributed by atoms with van der Waals surface area (Å²) in [6.45, 7) is 2.46. The summed E-state index contributed by atoms with van der Waals surface area (Å²) in [5, 5.41) is 45.7. The standard InChI is InChI=1S/C38H37NO11/c1-2-17-39-37(45)36-33(43)32(42)34(44)38(50-36)49-29-19-28-30(31(41)35(29)47-21-23-11-7-4-8-12-23)26(40)18-27(48-28)24-13-15-25(16-14-24)46-20-22-9-5-3-6-10-22/h3-16,18-19,32-34,36,38,41-44H,2,17,20-21H2,1H3,(H,39,45). The van der Waals surface area contributed by atoms with Gasteiger partial charge in [-0.05, 0) is 41.8 Å². The molecule has 260 valence electrons. The molecule has 0 bridgehead atoms. The van der Waals surface area contributed by atoms with Gasteiger partial charge in [-0.2, -0.15) is 0 Å². The van der Waals surface area contributed by atoms with E-state index in [1.165, 1.54) is 12.1 Å². The smallest absolute Gasteiger partial charge is 0.252 e. The SMILES string of the molecule is CCCNC(=O)C1OC(Oc2cc3oc(-c4ccc(OCc5ccccc5)cc4)cc(=O)c3c(O)c2OCc2ccccc2)C(O)C(O)C1O. The van der Waals surface area contributed by atoms with Crippen LogP contribution in [0.2, 0.25) is 0 Å². The Hall–Kier alpha value is -5.40. The van der Waals surface area contributed by atoms with E-state index in [4.69, 9.17) is 23.4 Å². The first-order chi connectivity index (χ1) is 24.2. The number of amides is 1. The van der Waals surface area contributed by atoms with Gasteiger partial charge in [0.1, 0.15) is 54.0 Å². The highest BCUT2D eigenvalue weighted by molar-refractivity contribution is 5.89. The molecule has 12 nitrogen and oxygen atoms in total. The largest absolute Gasteiger partial charge is 0.504 e. The third kappa shape index (κ3) is 7.58. The molecular weight excluding hydrogens is 646 g/mol. The van der Waals surface area contributed by atoms with Crippen LogP contribution >= 0.6 is 0 Å². The number of carbonyl (C=O) groups excluding carboxylic acids is 1. The Balaban J connectivity index is 1.34. The molecule has 1 saturated heterocycles. The third-order valence-corrected chi connectivity index (χ3v) is 8.15. The van der Waals surface area contributed by atoms with Gasteiger partial charge in [-0.3, -0.25) is 9.59 Å². The first kappa shape index (κ1) is 34.5. The number of hydrogen-bond acceptors (Lipinski definition) is 11. The zero-order valence-electron chi connectivity index (χ0n) is 27.1. The number of benzene rings is 4. The van der Waals surface area contributed by atoms with E-state index < -0.39 is 47.8 Å². The molecule has 2 heterocycles. The van der Waals surface area contributed by atoms with Crippen LogP contribution < -0.4 is 25.0 Å². The molecule has 4 aromatic carbocycles. The summed E-state index contributed by atoms with van der Waals surface area (Å²) in [5.41, 5.74) is 1.64. The Morgan fingerprint density at radius 1 is 0.820 bits per heavy atom. The molecule has 0 saturated carbocycles. The monoisotopic (exact) mass is 683 g/mol. The first-order valence-electron chi connectivity index (χ1n) is 16.1. The van der Waals surface area contributed by atoms with Crippen molar-refractivity contribution in [1.29, 1.82) is 0 Å². The highest BCUT2D eigenvalue weighted by Gasteiger charge is 2.48. The van der Waals surface area contributed by atoms with Crippen molar-refractivity contribution in [2.45, 2.75) is 57.3 Å². The second-order valence-electron chi connectivity index (χ2n) is 11.8. The molecule has 12 heteroatoms. The van der Waals surface area contributed by atoms with E-state index in [9.17, 15) is 30.0 Å². The number of fused-ring (bicyclic) bond motifs is 1. The Kier molecular flexibility index (Phi) is 10.6. The van der Waals surface area contributed by atoms with Crippen LogP contribution in [0.5, 0.6) is 23.0 Å². The highest BCUT2D eigenvalue weighted by Crippen LogP contribution is 2.44. The Morgan fingerprint density at radius 3 is 2.10 bits per heavy atom.